The van der Waals surface area contributed by atoms with Gasteiger partial charge in [0.15, 0.2) is 0 Å². The maximum absolute atomic E-state index is 12.6. The number of hydrogen-bond donors (Lipinski definition) is 2. The highest BCUT2D eigenvalue weighted by Gasteiger charge is 2.19. The molecule has 1 saturated heterocycles. The monoisotopic (exact) mass is 336 g/mol. The summed E-state index contributed by atoms with van der Waals surface area (Å²) in [5, 5.41) is 10.8. The van der Waals surface area contributed by atoms with Gasteiger partial charge in [0, 0.05) is 29.3 Å². The number of nitrogens with one attached hydrogen (secondary N) is 2. The number of fused-ring (bicyclic) bond motifs is 1. The number of rotatable bonds is 3. The van der Waals surface area contributed by atoms with E-state index in [1.807, 2.05) is 36.4 Å². The Labute approximate surface area is 145 Å². The zero-order valence-corrected chi connectivity index (χ0v) is 14.0. The predicted octanol–water partition coefficient (Wildman–Crippen LogP) is 3.04. The summed E-state index contributed by atoms with van der Waals surface area (Å²) in [7, 11) is 0. The van der Waals surface area contributed by atoms with Crippen molar-refractivity contribution in [2.75, 3.05) is 30.0 Å². The summed E-state index contributed by atoms with van der Waals surface area (Å²) in [6.07, 6.45) is 1.71. The van der Waals surface area contributed by atoms with Crippen LogP contribution in [0.5, 0.6) is 0 Å². The average molecular weight is 336 g/mol. The second-order valence-corrected chi connectivity index (χ2v) is 6.26. The van der Waals surface area contributed by atoms with Crippen LogP contribution >= 0.6 is 0 Å². The third-order valence-electron chi connectivity index (χ3n) is 4.55. The fourth-order valence-corrected chi connectivity index (χ4v) is 3.20. The van der Waals surface area contributed by atoms with Gasteiger partial charge in [-0.1, -0.05) is 12.1 Å². The second kappa shape index (κ2) is 6.57. The Morgan fingerprint density at radius 2 is 2.12 bits per heavy atom. The molecule has 4 rings (SSSR count). The normalized spacial score (nSPS) is 17.6. The Balaban J connectivity index is 1.51. The standard InChI is InChI=1S/C19H20N4O2/c1-13-12-25-10-9-23(13)16-7-5-15(6-8-16)21-19(24)17-4-2-3-14-11-20-22-18(14)17/h2-8,11,13H,9-10,12H2,1H3,(H,20,22)(H,21,24)/t13-/m1/s1. The molecule has 3 aromatic rings. The third-order valence-corrected chi connectivity index (χ3v) is 4.55. The van der Waals surface area contributed by atoms with Crippen molar-refractivity contribution in [1.82, 2.24) is 10.2 Å². The fraction of sp³-hybridized carbons (Fsp3) is 0.263. The van der Waals surface area contributed by atoms with Gasteiger partial charge in [-0.3, -0.25) is 9.89 Å². The highest BCUT2D eigenvalue weighted by atomic mass is 16.5. The van der Waals surface area contributed by atoms with Crippen LogP contribution in [0.4, 0.5) is 11.4 Å². The molecule has 1 amide bonds. The topological polar surface area (TPSA) is 70.2 Å². The molecule has 1 aliphatic heterocycles. The highest BCUT2D eigenvalue weighted by molar-refractivity contribution is 6.11. The molecule has 2 aromatic carbocycles. The van der Waals surface area contributed by atoms with Crippen molar-refractivity contribution >= 4 is 28.2 Å². The van der Waals surface area contributed by atoms with Crippen LogP contribution in [-0.2, 0) is 4.74 Å². The van der Waals surface area contributed by atoms with E-state index in [0.717, 1.165) is 42.0 Å². The van der Waals surface area contributed by atoms with Crippen molar-refractivity contribution in [3.8, 4) is 0 Å². The van der Waals surface area contributed by atoms with Gasteiger partial charge in [0.2, 0.25) is 0 Å². The van der Waals surface area contributed by atoms with Gasteiger partial charge in [0.05, 0.1) is 30.5 Å². The number of aromatic amines is 1. The number of para-hydroxylation sites is 1. The Kier molecular flexibility index (Phi) is 4.11. The molecule has 1 atom stereocenters. The van der Waals surface area contributed by atoms with Gasteiger partial charge < -0.3 is 15.0 Å². The molecule has 0 unspecified atom stereocenters. The van der Waals surface area contributed by atoms with E-state index >= 15 is 0 Å². The summed E-state index contributed by atoms with van der Waals surface area (Å²) in [6, 6.07) is 13.9. The maximum atomic E-state index is 12.6. The molecule has 0 bridgehead atoms. The number of benzene rings is 2. The van der Waals surface area contributed by atoms with Crippen molar-refractivity contribution < 1.29 is 9.53 Å². The molecule has 128 valence electrons. The van der Waals surface area contributed by atoms with Crippen molar-refractivity contribution in [2.45, 2.75) is 13.0 Å². The van der Waals surface area contributed by atoms with Crippen LogP contribution < -0.4 is 10.2 Å². The van der Waals surface area contributed by atoms with E-state index in [-0.39, 0.29) is 5.91 Å². The number of nitrogens with zero attached hydrogens (tertiary/aromatic N) is 2. The molecule has 25 heavy (non-hydrogen) atoms. The number of anilines is 2. The molecule has 6 nitrogen and oxygen atoms in total. The number of hydrogen-bond acceptors (Lipinski definition) is 4. The molecule has 1 fully saturated rings. The number of carbonyl (C=O) groups is 1. The summed E-state index contributed by atoms with van der Waals surface area (Å²) >= 11 is 0. The van der Waals surface area contributed by atoms with Gasteiger partial charge in [-0.05, 0) is 37.3 Å². The Bertz CT molecular complexity index is 888. The van der Waals surface area contributed by atoms with Crippen LogP contribution in [0, 0.1) is 0 Å². The SMILES string of the molecule is C[C@@H]1COCCN1c1ccc(NC(=O)c2cccc3cn[nH]c23)cc1. The number of carbonyl (C=O) groups excluding carboxylic acids is 1. The first-order valence-electron chi connectivity index (χ1n) is 8.40. The molecule has 0 radical (unpaired) electrons. The molecule has 6 heteroatoms. The van der Waals surface area contributed by atoms with E-state index in [4.69, 9.17) is 4.74 Å². The quantitative estimate of drug-likeness (QED) is 0.771. The Morgan fingerprint density at radius 1 is 1.28 bits per heavy atom. The van der Waals surface area contributed by atoms with Gasteiger partial charge in [-0.15, -0.1) is 0 Å². The van der Waals surface area contributed by atoms with Crippen molar-refractivity contribution in [3.05, 3.63) is 54.2 Å². The summed E-state index contributed by atoms with van der Waals surface area (Å²) in [5.41, 5.74) is 3.25. The second-order valence-electron chi connectivity index (χ2n) is 6.26. The first kappa shape index (κ1) is 15.7. The number of ether oxygens (including phenoxy) is 1. The van der Waals surface area contributed by atoms with E-state index in [2.05, 4.69) is 27.3 Å². The first-order chi connectivity index (χ1) is 12.2. The van der Waals surface area contributed by atoms with Crippen LogP contribution in [0.25, 0.3) is 10.9 Å². The minimum absolute atomic E-state index is 0.151. The average Bonchev–Trinajstić information content (AvgIpc) is 3.11. The van der Waals surface area contributed by atoms with Gasteiger partial charge in [0.1, 0.15) is 0 Å². The molecular formula is C19H20N4O2. The zero-order valence-electron chi connectivity index (χ0n) is 14.0. The van der Waals surface area contributed by atoms with E-state index in [1.165, 1.54) is 0 Å². The fourth-order valence-electron chi connectivity index (χ4n) is 3.20. The molecule has 2 heterocycles. The lowest BCUT2D eigenvalue weighted by Gasteiger charge is -2.35. The lowest BCUT2D eigenvalue weighted by molar-refractivity contribution is 0.0989. The van der Waals surface area contributed by atoms with Gasteiger partial charge in [0.25, 0.3) is 5.91 Å². The smallest absolute Gasteiger partial charge is 0.257 e. The summed E-state index contributed by atoms with van der Waals surface area (Å²) < 4.78 is 5.48. The van der Waals surface area contributed by atoms with Gasteiger partial charge in [-0.25, -0.2) is 0 Å². The minimum atomic E-state index is -0.151. The van der Waals surface area contributed by atoms with Crippen LogP contribution in [-0.4, -0.2) is 41.9 Å². The van der Waals surface area contributed by atoms with E-state index < -0.39 is 0 Å². The van der Waals surface area contributed by atoms with Gasteiger partial charge in [-0.2, -0.15) is 5.10 Å². The predicted molar refractivity (Wildman–Crippen MR) is 98.1 cm³/mol. The summed E-state index contributed by atoms with van der Waals surface area (Å²) in [6.45, 7) is 4.53. The molecule has 1 aromatic heterocycles. The molecule has 2 N–H and O–H groups in total. The van der Waals surface area contributed by atoms with Crippen molar-refractivity contribution in [1.29, 1.82) is 0 Å². The summed E-state index contributed by atoms with van der Waals surface area (Å²) in [4.78, 5) is 14.9. The highest BCUT2D eigenvalue weighted by Crippen LogP contribution is 2.23. The minimum Gasteiger partial charge on any atom is -0.377 e. The molecule has 0 saturated carbocycles. The van der Waals surface area contributed by atoms with E-state index in [9.17, 15) is 4.79 Å². The first-order valence-corrected chi connectivity index (χ1v) is 8.40. The van der Waals surface area contributed by atoms with Crippen molar-refractivity contribution in [3.63, 3.8) is 0 Å². The largest absolute Gasteiger partial charge is 0.377 e. The number of H-pyrrole nitrogens is 1. The summed E-state index contributed by atoms with van der Waals surface area (Å²) in [5.74, 6) is -0.151. The number of aromatic nitrogens is 2. The van der Waals surface area contributed by atoms with Gasteiger partial charge >= 0.3 is 0 Å². The Hall–Kier alpha value is -2.86. The maximum Gasteiger partial charge on any atom is 0.257 e. The zero-order chi connectivity index (χ0) is 17.2. The molecule has 0 spiro atoms. The molecular weight excluding hydrogens is 316 g/mol. The van der Waals surface area contributed by atoms with Crippen LogP contribution in [0.3, 0.4) is 0 Å². The van der Waals surface area contributed by atoms with Crippen LogP contribution in [0.2, 0.25) is 0 Å². The lowest BCUT2D eigenvalue weighted by Crippen LogP contribution is -2.43. The molecule has 0 aliphatic carbocycles. The number of amides is 1. The van der Waals surface area contributed by atoms with E-state index in [1.54, 1.807) is 12.3 Å². The van der Waals surface area contributed by atoms with Crippen LogP contribution in [0.1, 0.15) is 17.3 Å². The van der Waals surface area contributed by atoms with Crippen LogP contribution in [0.15, 0.2) is 48.7 Å². The third kappa shape index (κ3) is 3.08. The molecule has 1 aliphatic rings. The Morgan fingerprint density at radius 3 is 2.92 bits per heavy atom. The van der Waals surface area contributed by atoms with E-state index in [0.29, 0.717) is 11.6 Å². The lowest BCUT2D eigenvalue weighted by atomic mass is 10.1. The number of morpholine rings is 1. The van der Waals surface area contributed by atoms with Crippen molar-refractivity contribution in [2.24, 2.45) is 0 Å².